The monoisotopic (exact) mass is 239 g/mol. The molecule has 3 nitrogen and oxygen atoms in total. The Hall–Kier alpha value is -2.07. The Morgan fingerprint density at radius 2 is 2.00 bits per heavy atom. The molecule has 1 N–H and O–H groups in total. The van der Waals surface area contributed by atoms with E-state index < -0.39 is 0 Å². The number of hydrogen-bond acceptors (Lipinski definition) is 3. The number of fused-ring (bicyclic) bond motifs is 1. The standard InChI is InChI=1S/C13H9N3S/c17-13-7-12(15-8-16-13)10-4-3-9-2-1-5-14-11(9)6-10/h1-8H,(H,15,16,17). The summed E-state index contributed by atoms with van der Waals surface area (Å²) in [5.41, 5.74) is 2.99. The van der Waals surface area contributed by atoms with E-state index in [9.17, 15) is 0 Å². The van der Waals surface area contributed by atoms with Gasteiger partial charge in [-0.15, -0.1) is 0 Å². The van der Waals surface area contributed by atoms with Crippen LogP contribution in [0.1, 0.15) is 0 Å². The molecule has 0 saturated carbocycles. The summed E-state index contributed by atoms with van der Waals surface area (Å²) < 4.78 is 0.583. The Balaban J connectivity index is 2.21. The lowest BCUT2D eigenvalue weighted by atomic mass is 10.1. The van der Waals surface area contributed by atoms with Gasteiger partial charge in [0.2, 0.25) is 0 Å². The van der Waals surface area contributed by atoms with E-state index >= 15 is 0 Å². The number of pyridine rings is 1. The predicted octanol–water partition coefficient (Wildman–Crippen LogP) is 3.35. The van der Waals surface area contributed by atoms with Crippen molar-refractivity contribution in [3.63, 3.8) is 0 Å². The third kappa shape index (κ3) is 1.94. The molecular formula is C13H9N3S. The Labute approximate surface area is 103 Å². The van der Waals surface area contributed by atoms with E-state index in [0.717, 1.165) is 22.2 Å². The van der Waals surface area contributed by atoms with Gasteiger partial charge in [0, 0.05) is 22.8 Å². The van der Waals surface area contributed by atoms with E-state index in [1.165, 1.54) is 0 Å². The van der Waals surface area contributed by atoms with Gasteiger partial charge in [0.1, 0.15) is 4.64 Å². The average Bonchev–Trinajstić information content (AvgIpc) is 2.38. The minimum absolute atomic E-state index is 0.583. The molecule has 17 heavy (non-hydrogen) atoms. The molecule has 0 spiro atoms. The topological polar surface area (TPSA) is 41.6 Å². The third-order valence-corrected chi connectivity index (χ3v) is 2.82. The largest absolute Gasteiger partial charge is 0.346 e. The maximum absolute atomic E-state index is 5.05. The number of hydrogen-bond donors (Lipinski definition) is 1. The van der Waals surface area contributed by atoms with Crippen molar-refractivity contribution in [3.8, 4) is 11.3 Å². The number of rotatable bonds is 1. The molecule has 2 aromatic heterocycles. The Morgan fingerprint density at radius 1 is 1.06 bits per heavy atom. The van der Waals surface area contributed by atoms with Crippen LogP contribution in [0.15, 0.2) is 48.9 Å². The maximum atomic E-state index is 5.05. The Kier molecular flexibility index (Phi) is 2.42. The Morgan fingerprint density at radius 3 is 2.88 bits per heavy atom. The first-order valence-corrected chi connectivity index (χ1v) is 5.64. The van der Waals surface area contributed by atoms with Crippen LogP contribution in [0.4, 0.5) is 0 Å². The lowest BCUT2D eigenvalue weighted by Gasteiger charge is -2.03. The molecule has 2 heterocycles. The van der Waals surface area contributed by atoms with E-state index in [1.807, 2.05) is 30.3 Å². The molecule has 0 unspecified atom stereocenters. The van der Waals surface area contributed by atoms with Crippen LogP contribution in [0.25, 0.3) is 22.2 Å². The fourth-order valence-corrected chi connectivity index (χ4v) is 1.94. The number of aromatic amines is 1. The van der Waals surface area contributed by atoms with Crippen molar-refractivity contribution in [2.75, 3.05) is 0 Å². The van der Waals surface area contributed by atoms with Gasteiger partial charge in [-0.2, -0.15) is 0 Å². The van der Waals surface area contributed by atoms with Crippen molar-refractivity contribution in [2.24, 2.45) is 0 Å². The summed E-state index contributed by atoms with van der Waals surface area (Å²) in [6.45, 7) is 0. The zero-order valence-corrected chi connectivity index (χ0v) is 9.74. The highest BCUT2D eigenvalue weighted by Gasteiger charge is 2.00. The zero-order valence-electron chi connectivity index (χ0n) is 8.92. The Bertz CT molecular complexity index is 734. The van der Waals surface area contributed by atoms with Crippen molar-refractivity contribution >= 4 is 23.1 Å². The summed E-state index contributed by atoms with van der Waals surface area (Å²) in [5.74, 6) is 0. The molecule has 0 saturated heterocycles. The van der Waals surface area contributed by atoms with Crippen molar-refractivity contribution in [3.05, 3.63) is 53.6 Å². The number of H-pyrrole nitrogens is 1. The fourth-order valence-electron chi connectivity index (χ4n) is 1.77. The van der Waals surface area contributed by atoms with E-state index in [4.69, 9.17) is 12.2 Å². The smallest absolute Gasteiger partial charge is 0.130 e. The summed E-state index contributed by atoms with van der Waals surface area (Å²) >= 11 is 5.05. The summed E-state index contributed by atoms with van der Waals surface area (Å²) in [6.07, 6.45) is 3.40. The summed E-state index contributed by atoms with van der Waals surface area (Å²) in [4.78, 5) is 11.4. The van der Waals surface area contributed by atoms with Crippen molar-refractivity contribution < 1.29 is 0 Å². The highest BCUT2D eigenvalue weighted by molar-refractivity contribution is 7.71. The average molecular weight is 239 g/mol. The molecule has 0 aliphatic heterocycles. The normalized spacial score (nSPS) is 10.6. The minimum atomic E-state index is 0.583. The SMILES string of the molecule is S=c1cc(-c2ccc3cccnc3c2)[nH]cn1. The molecule has 3 aromatic rings. The van der Waals surface area contributed by atoms with Gasteiger partial charge < -0.3 is 4.98 Å². The number of nitrogens with zero attached hydrogens (tertiary/aromatic N) is 2. The summed E-state index contributed by atoms with van der Waals surface area (Å²) in [6, 6.07) is 12.0. The van der Waals surface area contributed by atoms with Gasteiger partial charge in [-0.25, -0.2) is 4.98 Å². The zero-order chi connectivity index (χ0) is 11.7. The second kappa shape index (κ2) is 4.07. The third-order valence-electron chi connectivity index (χ3n) is 2.60. The second-order valence-corrected chi connectivity index (χ2v) is 4.13. The molecule has 0 aliphatic rings. The van der Waals surface area contributed by atoms with Crippen molar-refractivity contribution in [2.45, 2.75) is 0 Å². The first-order valence-electron chi connectivity index (χ1n) is 5.23. The second-order valence-electron chi connectivity index (χ2n) is 3.71. The van der Waals surface area contributed by atoms with Crippen LogP contribution in [0.5, 0.6) is 0 Å². The van der Waals surface area contributed by atoms with Crippen LogP contribution in [-0.2, 0) is 0 Å². The highest BCUT2D eigenvalue weighted by atomic mass is 32.1. The first-order chi connectivity index (χ1) is 8.33. The molecule has 0 aliphatic carbocycles. The fraction of sp³-hybridized carbons (Fsp3) is 0. The van der Waals surface area contributed by atoms with Gasteiger partial charge in [0.15, 0.2) is 0 Å². The molecular weight excluding hydrogens is 230 g/mol. The molecule has 0 bridgehead atoms. The van der Waals surface area contributed by atoms with Crippen LogP contribution < -0.4 is 0 Å². The molecule has 3 rings (SSSR count). The summed E-state index contributed by atoms with van der Waals surface area (Å²) in [7, 11) is 0. The lowest BCUT2D eigenvalue weighted by molar-refractivity contribution is 1.16. The van der Waals surface area contributed by atoms with Crippen molar-refractivity contribution in [1.82, 2.24) is 15.0 Å². The molecule has 1 aromatic carbocycles. The van der Waals surface area contributed by atoms with Gasteiger partial charge in [0.05, 0.1) is 11.8 Å². The van der Waals surface area contributed by atoms with E-state index in [2.05, 4.69) is 21.0 Å². The van der Waals surface area contributed by atoms with Crippen LogP contribution in [-0.4, -0.2) is 15.0 Å². The van der Waals surface area contributed by atoms with Crippen LogP contribution in [0, 0.1) is 4.64 Å². The van der Waals surface area contributed by atoms with Gasteiger partial charge >= 0.3 is 0 Å². The summed E-state index contributed by atoms with van der Waals surface area (Å²) in [5, 5.41) is 1.13. The quantitative estimate of drug-likeness (QED) is 0.662. The van der Waals surface area contributed by atoms with E-state index in [1.54, 1.807) is 12.5 Å². The maximum Gasteiger partial charge on any atom is 0.130 e. The van der Waals surface area contributed by atoms with Crippen molar-refractivity contribution in [1.29, 1.82) is 0 Å². The van der Waals surface area contributed by atoms with E-state index in [0.29, 0.717) is 4.64 Å². The van der Waals surface area contributed by atoms with Gasteiger partial charge in [-0.3, -0.25) is 4.98 Å². The van der Waals surface area contributed by atoms with Gasteiger partial charge in [-0.1, -0.05) is 30.4 Å². The highest BCUT2D eigenvalue weighted by Crippen LogP contribution is 2.21. The molecule has 0 amide bonds. The van der Waals surface area contributed by atoms with Crippen LogP contribution in [0.2, 0.25) is 0 Å². The van der Waals surface area contributed by atoms with Crippen LogP contribution >= 0.6 is 12.2 Å². The minimum Gasteiger partial charge on any atom is -0.346 e. The first kappa shape index (κ1) is 10.1. The molecule has 0 atom stereocenters. The van der Waals surface area contributed by atoms with E-state index in [-0.39, 0.29) is 0 Å². The van der Waals surface area contributed by atoms with Gasteiger partial charge in [-0.05, 0) is 18.2 Å². The molecule has 4 heteroatoms. The molecule has 0 fully saturated rings. The molecule has 0 radical (unpaired) electrons. The lowest BCUT2D eigenvalue weighted by Crippen LogP contribution is -1.86. The molecule has 82 valence electrons. The predicted molar refractivity (Wildman–Crippen MR) is 70.2 cm³/mol. The van der Waals surface area contributed by atoms with Crippen LogP contribution in [0.3, 0.4) is 0 Å². The number of benzene rings is 1. The number of nitrogens with one attached hydrogen (secondary N) is 1. The number of aromatic nitrogens is 3. The van der Waals surface area contributed by atoms with Gasteiger partial charge in [0.25, 0.3) is 0 Å².